The summed E-state index contributed by atoms with van der Waals surface area (Å²) < 4.78 is 15.1. The summed E-state index contributed by atoms with van der Waals surface area (Å²) in [6.45, 7) is 1.89. The molecule has 6 rings (SSSR count). The number of rotatable bonds is 3. The molecule has 0 radical (unpaired) electrons. The molecule has 2 aliphatic rings. The highest BCUT2D eigenvalue weighted by molar-refractivity contribution is 6.02. The average Bonchev–Trinajstić information content (AvgIpc) is 2.95. The SMILES string of the molecule is CC1C(=O)C(C#N)=CC2c3nc(-c4ccncc4-c4ccccc4)nc(-c4ccccc4F)c3CCC12. The van der Waals surface area contributed by atoms with E-state index in [0.717, 1.165) is 34.4 Å². The number of aromatic nitrogens is 3. The molecule has 0 aliphatic heterocycles. The molecule has 180 valence electrons. The first-order chi connectivity index (χ1) is 18.1. The number of benzene rings is 2. The van der Waals surface area contributed by atoms with Gasteiger partial charge in [0, 0.05) is 46.5 Å². The number of carbonyl (C=O) groups is 1. The predicted molar refractivity (Wildman–Crippen MR) is 139 cm³/mol. The molecule has 0 fully saturated rings. The molecule has 0 saturated carbocycles. The Morgan fingerprint density at radius 1 is 0.973 bits per heavy atom. The number of Topliss-reactive ketones (excluding diaryl/α,β-unsaturated/α-hetero) is 1. The summed E-state index contributed by atoms with van der Waals surface area (Å²) in [5.41, 5.74) is 5.42. The highest BCUT2D eigenvalue weighted by Crippen LogP contribution is 2.47. The molecular weight excluding hydrogens is 463 g/mol. The smallest absolute Gasteiger partial charge is 0.176 e. The van der Waals surface area contributed by atoms with Crippen LogP contribution in [0.5, 0.6) is 0 Å². The van der Waals surface area contributed by atoms with Crippen molar-refractivity contribution in [2.75, 3.05) is 0 Å². The Hall–Kier alpha value is -4.50. The molecule has 2 heterocycles. The van der Waals surface area contributed by atoms with E-state index in [1.807, 2.05) is 43.3 Å². The number of hydrogen-bond donors (Lipinski definition) is 0. The molecule has 0 amide bonds. The van der Waals surface area contributed by atoms with Crippen molar-refractivity contribution in [1.29, 1.82) is 5.26 Å². The lowest BCUT2D eigenvalue weighted by Gasteiger charge is -2.38. The van der Waals surface area contributed by atoms with Gasteiger partial charge in [0.2, 0.25) is 0 Å². The Labute approximate surface area is 214 Å². The number of carbonyl (C=O) groups excluding carboxylic acids is 1. The fraction of sp³-hybridized carbons (Fsp3) is 0.194. The van der Waals surface area contributed by atoms with Crippen LogP contribution in [0.25, 0.3) is 33.8 Å². The normalized spacial score (nSPS) is 20.4. The van der Waals surface area contributed by atoms with E-state index in [1.165, 1.54) is 6.07 Å². The summed E-state index contributed by atoms with van der Waals surface area (Å²) in [4.78, 5) is 27.1. The number of nitrogens with zero attached hydrogens (tertiary/aromatic N) is 4. The van der Waals surface area contributed by atoms with E-state index in [1.54, 1.807) is 36.7 Å². The maximum absolute atomic E-state index is 15.1. The van der Waals surface area contributed by atoms with Crippen LogP contribution in [-0.2, 0) is 11.2 Å². The zero-order chi connectivity index (χ0) is 25.5. The molecule has 4 aromatic rings. The molecule has 37 heavy (non-hydrogen) atoms. The van der Waals surface area contributed by atoms with Gasteiger partial charge in [-0.05, 0) is 42.5 Å². The second-order valence-electron chi connectivity index (χ2n) is 9.60. The van der Waals surface area contributed by atoms with Gasteiger partial charge < -0.3 is 0 Å². The number of fused-ring (bicyclic) bond motifs is 3. The Bertz CT molecular complexity index is 1610. The average molecular weight is 487 g/mol. The number of allylic oxidation sites excluding steroid dienone is 2. The van der Waals surface area contributed by atoms with Crippen LogP contribution in [0.3, 0.4) is 0 Å². The van der Waals surface area contributed by atoms with Gasteiger partial charge in [-0.3, -0.25) is 9.78 Å². The Balaban J connectivity index is 1.63. The van der Waals surface area contributed by atoms with Crippen molar-refractivity contribution < 1.29 is 9.18 Å². The fourth-order valence-electron chi connectivity index (χ4n) is 5.71. The number of halogens is 1. The minimum Gasteiger partial charge on any atom is -0.293 e. The summed E-state index contributed by atoms with van der Waals surface area (Å²) in [5, 5.41) is 9.65. The number of hydrogen-bond acceptors (Lipinski definition) is 5. The molecule has 2 aromatic carbocycles. The third kappa shape index (κ3) is 3.84. The first-order valence-corrected chi connectivity index (χ1v) is 12.4. The van der Waals surface area contributed by atoms with Crippen LogP contribution in [0.2, 0.25) is 0 Å². The largest absolute Gasteiger partial charge is 0.293 e. The van der Waals surface area contributed by atoms with Crippen LogP contribution in [0, 0.1) is 29.0 Å². The topological polar surface area (TPSA) is 79.5 Å². The number of nitriles is 1. The first-order valence-electron chi connectivity index (χ1n) is 12.4. The Morgan fingerprint density at radius 2 is 1.76 bits per heavy atom. The standard InChI is InChI=1S/C31H23FN4O/c1-18-21-11-12-24-28(23-9-5-6-10-27(23)32)35-31(36-29(24)25(21)15-20(16-33)30(18)37)22-13-14-34-17-26(22)19-7-3-2-4-8-19/h2-10,13-15,17-18,21,25H,11-12H2,1H3. The molecule has 0 N–H and O–H groups in total. The quantitative estimate of drug-likeness (QED) is 0.338. The molecule has 3 atom stereocenters. The number of ketones is 1. The van der Waals surface area contributed by atoms with Crippen LogP contribution in [0.15, 0.2) is 84.7 Å². The highest BCUT2D eigenvalue weighted by atomic mass is 19.1. The van der Waals surface area contributed by atoms with E-state index < -0.39 is 0 Å². The van der Waals surface area contributed by atoms with Crippen LogP contribution in [-0.4, -0.2) is 20.7 Å². The molecule has 5 nitrogen and oxygen atoms in total. The van der Waals surface area contributed by atoms with Crippen molar-refractivity contribution in [2.45, 2.75) is 25.7 Å². The van der Waals surface area contributed by atoms with Crippen molar-refractivity contribution in [3.05, 3.63) is 102 Å². The van der Waals surface area contributed by atoms with E-state index in [4.69, 9.17) is 9.97 Å². The van der Waals surface area contributed by atoms with Crippen molar-refractivity contribution in [2.24, 2.45) is 11.8 Å². The molecule has 2 aliphatic carbocycles. The Morgan fingerprint density at radius 3 is 2.54 bits per heavy atom. The highest BCUT2D eigenvalue weighted by Gasteiger charge is 2.42. The second-order valence-corrected chi connectivity index (χ2v) is 9.60. The lowest BCUT2D eigenvalue weighted by molar-refractivity contribution is -0.120. The third-order valence-electron chi connectivity index (χ3n) is 7.61. The second kappa shape index (κ2) is 9.18. The first kappa shape index (κ1) is 22.9. The maximum Gasteiger partial charge on any atom is 0.176 e. The Kier molecular flexibility index (Phi) is 5.69. The van der Waals surface area contributed by atoms with E-state index in [9.17, 15) is 10.1 Å². The summed E-state index contributed by atoms with van der Waals surface area (Å²) in [7, 11) is 0. The van der Waals surface area contributed by atoms with E-state index >= 15 is 4.39 Å². The molecule has 0 bridgehead atoms. The van der Waals surface area contributed by atoms with Gasteiger partial charge in [-0.1, -0.05) is 55.5 Å². The molecule has 3 unspecified atom stereocenters. The van der Waals surface area contributed by atoms with Crippen molar-refractivity contribution in [3.63, 3.8) is 0 Å². The minimum absolute atomic E-state index is 0.0272. The van der Waals surface area contributed by atoms with Gasteiger partial charge in [-0.25, -0.2) is 14.4 Å². The van der Waals surface area contributed by atoms with Gasteiger partial charge in [0.25, 0.3) is 0 Å². The van der Waals surface area contributed by atoms with Gasteiger partial charge in [-0.15, -0.1) is 0 Å². The van der Waals surface area contributed by atoms with Gasteiger partial charge in [0.1, 0.15) is 11.9 Å². The lowest BCUT2D eigenvalue weighted by atomic mass is 9.66. The zero-order valence-electron chi connectivity index (χ0n) is 20.2. The summed E-state index contributed by atoms with van der Waals surface area (Å²) in [5.74, 6) is -0.477. The van der Waals surface area contributed by atoms with Crippen molar-refractivity contribution in [1.82, 2.24) is 15.0 Å². The summed E-state index contributed by atoms with van der Waals surface area (Å²) in [6.07, 6.45) is 6.63. The third-order valence-corrected chi connectivity index (χ3v) is 7.61. The molecular formula is C31H23FN4O. The van der Waals surface area contributed by atoms with Crippen LogP contribution in [0.1, 0.15) is 30.5 Å². The summed E-state index contributed by atoms with van der Waals surface area (Å²) >= 11 is 0. The van der Waals surface area contributed by atoms with Crippen LogP contribution < -0.4 is 0 Å². The van der Waals surface area contributed by atoms with E-state index in [2.05, 4.69) is 11.1 Å². The monoisotopic (exact) mass is 486 g/mol. The van der Waals surface area contributed by atoms with Gasteiger partial charge in [-0.2, -0.15) is 5.26 Å². The predicted octanol–water partition coefficient (Wildman–Crippen LogP) is 6.33. The molecule has 0 spiro atoms. The maximum atomic E-state index is 15.1. The van der Waals surface area contributed by atoms with Gasteiger partial charge in [0.05, 0.1) is 17.0 Å². The minimum atomic E-state index is -0.352. The molecule has 6 heteroatoms. The lowest BCUT2D eigenvalue weighted by Crippen LogP contribution is -2.35. The fourth-order valence-corrected chi connectivity index (χ4v) is 5.71. The van der Waals surface area contributed by atoms with E-state index in [-0.39, 0.29) is 34.9 Å². The molecule has 0 saturated heterocycles. The van der Waals surface area contributed by atoms with Crippen molar-refractivity contribution in [3.8, 4) is 39.8 Å². The van der Waals surface area contributed by atoms with Crippen molar-refractivity contribution >= 4 is 5.78 Å². The summed E-state index contributed by atoms with van der Waals surface area (Å²) in [6, 6.07) is 20.5. The van der Waals surface area contributed by atoms with E-state index in [0.29, 0.717) is 23.5 Å². The van der Waals surface area contributed by atoms with Crippen LogP contribution >= 0.6 is 0 Å². The van der Waals surface area contributed by atoms with Crippen LogP contribution in [0.4, 0.5) is 4.39 Å². The molecule has 2 aromatic heterocycles. The zero-order valence-corrected chi connectivity index (χ0v) is 20.2. The van der Waals surface area contributed by atoms with Gasteiger partial charge in [0.15, 0.2) is 11.6 Å². The number of pyridine rings is 1. The van der Waals surface area contributed by atoms with Gasteiger partial charge >= 0.3 is 0 Å².